The van der Waals surface area contributed by atoms with Crippen LogP contribution in [0.5, 0.6) is 0 Å². The van der Waals surface area contributed by atoms with Crippen LogP contribution in [0.1, 0.15) is 38.2 Å². The Morgan fingerprint density at radius 3 is 2.49 bits per heavy atom. The predicted octanol–water partition coefficient (Wildman–Crippen LogP) is -0.298. The molecule has 0 radical (unpaired) electrons. The molecule has 2 amide bonds. The summed E-state index contributed by atoms with van der Waals surface area (Å²) in [6.07, 6.45) is -6.08. The molecule has 7 N–H and O–H groups in total. The molecule has 41 heavy (non-hydrogen) atoms. The van der Waals surface area contributed by atoms with Crippen molar-refractivity contribution < 1.29 is 49.4 Å². The van der Waals surface area contributed by atoms with E-state index in [9.17, 15) is 39.9 Å². The van der Waals surface area contributed by atoms with Crippen LogP contribution < -0.4 is 5.32 Å². The fourth-order valence-electron chi connectivity index (χ4n) is 6.66. The molecule has 3 saturated heterocycles. The number of aryl methyl sites for hydroxylation is 1. The smallest absolute Gasteiger partial charge is 0.256 e. The topological polar surface area (TPSA) is 189 Å². The molecule has 0 aliphatic carbocycles. The maximum absolute atomic E-state index is 13.1. The number of aliphatic hydroxyl groups excluding tert-OH is 5. The van der Waals surface area contributed by atoms with Crippen molar-refractivity contribution in [2.45, 2.75) is 107 Å². The van der Waals surface area contributed by atoms with Gasteiger partial charge in [-0.15, -0.1) is 0 Å². The van der Waals surface area contributed by atoms with Gasteiger partial charge in [-0.3, -0.25) is 9.59 Å². The number of ether oxygens (including phenoxy) is 2. The summed E-state index contributed by atoms with van der Waals surface area (Å²) in [5.41, 5.74) is 1.20. The Labute approximate surface area is 241 Å². The van der Waals surface area contributed by atoms with Gasteiger partial charge in [-0.1, -0.05) is 19.1 Å². The first kappa shape index (κ1) is 32.0. The number of carbonyl (C=O) groups is 2. The van der Waals surface area contributed by atoms with Crippen molar-refractivity contribution >= 4 is 25.8 Å². The number of anilines is 1. The van der Waals surface area contributed by atoms with Gasteiger partial charge < -0.3 is 50.0 Å². The van der Waals surface area contributed by atoms with Crippen LogP contribution in [0.2, 0.25) is 18.6 Å². The van der Waals surface area contributed by atoms with Gasteiger partial charge in [0.15, 0.2) is 20.7 Å². The molecule has 0 saturated carbocycles. The van der Waals surface area contributed by atoms with E-state index in [1.807, 2.05) is 19.2 Å². The van der Waals surface area contributed by atoms with E-state index in [-0.39, 0.29) is 42.5 Å². The number of rotatable bonds is 9. The highest BCUT2D eigenvalue weighted by Crippen LogP contribution is 2.46. The van der Waals surface area contributed by atoms with Gasteiger partial charge in [-0.2, -0.15) is 0 Å². The van der Waals surface area contributed by atoms with Crippen molar-refractivity contribution in [1.82, 2.24) is 4.90 Å². The van der Waals surface area contributed by atoms with Crippen molar-refractivity contribution in [1.29, 1.82) is 0 Å². The average Bonchev–Trinajstić information content (AvgIpc) is 3.52. The summed E-state index contributed by atoms with van der Waals surface area (Å²) in [6, 6.07) is 6.92. The van der Waals surface area contributed by atoms with E-state index in [1.54, 1.807) is 23.1 Å². The van der Waals surface area contributed by atoms with Crippen LogP contribution in [0.15, 0.2) is 24.3 Å². The third kappa shape index (κ3) is 7.17. The molecular weight excluding hydrogens is 552 g/mol. The second-order valence-electron chi connectivity index (χ2n) is 12.2. The molecule has 0 bridgehead atoms. The zero-order chi connectivity index (χ0) is 30.1. The van der Waals surface area contributed by atoms with Crippen molar-refractivity contribution in [3.63, 3.8) is 0 Å². The highest BCUT2D eigenvalue weighted by molar-refractivity contribution is 6.71. The number of aliphatic hydroxyl groups is 5. The molecule has 3 aliphatic heterocycles. The van der Waals surface area contributed by atoms with Gasteiger partial charge in [0.25, 0.3) is 5.91 Å². The van der Waals surface area contributed by atoms with Crippen molar-refractivity contribution in [2.24, 2.45) is 5.92 Å². The van der Waals surface area contributed by atoms with Gasteiger partial charge in [0.2, 0.25) is 5.91 Å². The number of hydrogen-bond acceptors (Lipinski definition) is 10. The molecule has 1 aromatic carbocycles. The highest BCUT2D eigenvalue weighted by Gasteiger charge is 2.51. The van der Waals surface area contributed by atoms with E-state index in [1.165, 1.54) is 0 Å². The molecule has 230 valence electrons. The minimum atomic E-state index is -2.67. The number of nitrogens with one attached hydrogen (secondary N) is 1. The Morgan fingerprint density at radius 2 is 1.80 bits per heavy atom. The standard InChI is InChI=1S/C28H44N2O10Si/c1-15-19(39-20(26(15)41(2,3)38)13-21(32)30-11-5-8-18(30)14-31)10-9-16-6-4-7-17(12-16)29-27(36)25-23(34)22(33)24(35)28(37)40-25/h4,6-7,12,15,18-20,22-26,28,31,33-35,37-38H,5,8-11,13-14H2,1-3H3,(H,29,36)/t15-,18-,19+,20-,22-,23-,24+,25-,26+,28+/m0/s1. The minimum absolute atomic E-state index is 0.0349. The van der Waals surface area contributed by atoms with Crippen molar-refractivity contribution in [3.05, 3.63) is 29.8 Å². The van der Waals surface area contributed by atoms with Crippen LogP contribution in [-0.2, 0) is 25.5 Å². The van der Waals surface area contributed by atoms with Gasteiger partial charge in [-0.25, -0.2) is 0 Å². The van der Waals surface area contributed by atoms with Crippen LogP contribution in [0.3, 0.4) is 0 Å². The van der Waals surface area contributed by atoms with Gasteiger partial charge in [0.1, 0.15) is 18.3 Å². The van der Waals surface area contributed by atoms with Crippen LogP contribution in [0.4, 0.5) is 5.69 Å². The SMILES string of the molecule is C[C@@H]1[C@@H]([Si](C)(C)O)[C@H](CC(=O)N2CCC[C@H]2CO)O[C@@H]1CCc1cccc(NC(=O)[C@H]2O[C@@H](O)[C@H](O)[C@@H](O)[C@@H]2O)c1. The molecule has 10 atom stereocenters. The highest BCUT2D eigenvalue weighted by atomic mass is 28.4. The molecule has 0 unspecified atom stereocenters. The van der Waals surface area contributed by atoms with Crippen LogP contribution in [0.25, 0.3) is 0 Å². The molecule has 3 heterocycles. The second-order valence-corrected chi connectivity index (χ2v) is 16.1. The number of carbonyl (C=O) groups excluding carboxylic acids is 2. The maximum atomic E-state index is 13.1. The number of hydrogen-bond donors (Lipinski definition) is 7. The summed E-state index contributed by atoms with van der Waals surface area (Å²) in [7, 11) is -2.67. The first-order valence-electron chi connectivity index (χ1n) is 14.4. The van der Waals surface area contributed by atoms with E-state index < -0.39 is 51.0 Å². The summed E-state index contributed by atoms with van der Waals surface area (Å²) < 4.78 is 11.4. The van der Waals surface area contributed by atoms with E-state index in [0.29, 0.717) is 25.1 Å². The molecule has 0 spiro atoms. The molecule has 4 rings (SSSR count). The lowest BCUT2D eigenvalue weighted by molar-refractivity contribution is -0.274. The lowest BCUT2D eigenvalue weighted by Crippen LogP contribution is -2.60. The first-order chi connectivity index (χ1) is 19.3. The minimum Gasteiger partial charge on any atom is -0.432 e. The second kappa shape index (κ2) is 13.1. The summed E-state index contributed by atoms with van der Waals surface area (Å²) in [4.78, 5) is 38.7. The molecular formula is C28H44N2O10Si. The molecule has 3 fully saturated rings. The lowest BCUT2D eigenvalue weighted by atomic mass is 9.95. The third-order valence-electron chi connectivity index (χ3n) is 8.76. The monoisotopic (exact) mass is 596 g/mol. The van der Waals surface area contributed by atoms with Gasteiger partial charge in [0, 0.05) is 17.8 Å². The first-order valence-corrected chi connectivity index (χ1v) is 17.4. The number of nitrogens with zero attached hydrogens (tertiary/aromatic N) is 1. The van der Waals surface area contributed by atoms with E-state index in [4.69, 9.17) is 9.47 Å². The van der Waals surface area contributed by atoms with E-state index in [2.05, 4.69) is 12.2 Å². The summed E-state index contributed by atoms with van der Waals surface area (Å²) in [5.74, 6) is -0.792. The molecule has 3 aliphatic rings. The largest absolute Gasteiger partial charge is 0.432 e. The summed E-state index contributed by atoms with van der Waals surface area (Å²) >= 11 is 0. The van der Waals surface area contributed by atoms with Gasteiger partial charge in [-0.05, 0) is 62.4 Å². The molecule has 13 heteroatoms. The van der Waals surface area contributed by atoms with Crippen molar-refractivity contribution in [2.75, 3.05) is 18.5 Å². The van der Waals surface area contributed by atoms with Gasteiger partial charge >= 0.3 is 0 Å². The van der Waals surface area contributed by atoms with Gasteiger partial charge in [0.05, 0.1) is 31.3 Å². The zero-order valence-electron chi connectivity index (χ0n) is 23.8. The van der Waals surface area contributed by atoms with Crippen LogP contribution in [-0.4, -0.2) is 117 Å². The fourth-order valence-corrected chi connectivity index (χ4v) is 9.26. The number of likely N-dealkylation sites (tertiary alicyclic amines) is 1. The van der Waals surface area contributed by atoms with Crippen LogP contribution >= 0.6 is 0 Å². The Bertz CT molecular complexity index is 1070. The normalized spacial score (nSPS) is 36.0. The molecule has 1 aromatic rings. The van der Waals surface area contributed by atoms with Crippen molar-refractivity contribution in [3.8, 4) is 0 Å². The zero-order valence-corrected chi connectivity index (χ0v) is 24.8. The summed E-state index contributed by atoms with van der Waals surface area (Å²) in [5, 5.41) is 51.6. The quantitative estimate of drug-likeness (QED) is 0.186. The van der Waals surface area contributed by atoms with Crippen LogP contribution in [0, 0.1) is 5.92 Å². The lowest BCUT2D eigenvalue weighted by Gasteiger charge is -2.37. The Balaban J connectivity index is 1.37. The Kier molecular flexibility index (Phi) is 10.3. The number of benzene rings is 1. The summed E-state index contributed by atoms with van der Waals surface area (Å²) in [6.45, 7) is 6.38. The predicted molar refractivity (Wildman–Crippen MR) is 150 cm³/mol. The third-order valence-corrected chi connectivity index (χ3v) is 11.3. The van der Waals surface area contributed by atoms with E-state index >= 15 is 0 Å². The molecule has 0 aromatic heterocycles. The Morgan fingerprint density at radius 1 is 1.07 bits per heavy atom. The average molecular weight is 597 g/mol. The fraction of sp³-hybridized carbons (Fsp3) is 0.714. The number of amides is 2. The van der Waals surface area contributed by atoms with E-state index in [0.717, 1.165) is 18.4 Å². The maximum Gasteiger partial charge on any atom is 0.256 e. The Hall–Kier alpha value is -1.94. The molecule has 12 nitrogen and oxygen atoms in total.